The van der Waals surface area contributed by atoms with Crippen LogP contribution in [0.3, 0.4) is 0 Å². The van der Waals surface area contributed by atoms with Crippen LogP contribution < -0.4 is 10.5 Å². The molecule has 0 bridgehead atoms. The molecule has 0 spiro atoms. The molecule has 0 aromatic heterocycles. The number of ether oxygens (including phenoxy) is 1. The lowest BCUT2D eigenvalue weighted by Crippen LogP contribution is -2.44. The van der Waals surface area contributed by atoms with Crippen LogP contribution in [-0.2, 0) is 14.8 Å². The molecular formula is C10H15FN2O3S. The number of methoxy groups -OCH3 is 1. The van der Waals surface area contributed by atoms with Gasteiger partial charge in [-0.15, -0.1) is 0 Å². The number of rotatable bonds is 6. The van der Waals surface area contributed by atoms with E-state index in [9.17, 15) is 12.8 Å². The molecule has 17 heavy (non-hydrogen) atoms. The molecular weight excluding hydrogens is 247 g/mol. The molecule has 0 saturated carbocycles. The van der Waals surface area contributed by atoms with E-state index >= 15 is 0 Å². The number of nitrogens with two attached hydrogens (primary N) is 1. The summed E-state index contributed by atoms with van der Waals surface area (Å²) < 4.78 is 43.6. The lowest BCUT2D eigenvalue weighted by atomic mass is 10.3. The van der Waals surface area contributed by atoms with Crippen molar-refractivity contribution in [2.45, 2.75) is 17.3 Å². The Morgan fingerprint density at radius 3 is 2.47 bits per heavy atom. The Morgan fingerprint density at radius 1 is 1.41 bits per heavy atom. The first kappa shape index (κ1) is 14.0. The second-order valence-corrected chi connectivity index (χ2v) is 5.06. The average Bonchev–Trinajstić information content (AvgIpc) is 2.31. The molecule has 1 aromatic rings. The van der Waals surface area contributed by atoms with Crippen molar-refractivity contribution >= 4 is 10.0 Å². The summed E-state index contributed by atoms with van der Waals surface area (Å²) in [6, 6.07) is 7.53. The van der Waals surface area contributed by atoms with E-state index in [4.69, 9.17) is 10.5 Å². The third-order valence-corrected chi connectivity index (χ3v) is 3.61. The van der Waals surface area contributed by atoms with Crippen LogP contribution in [0.15, 0.2) is 35.2 Å². The highest BCUT2D eigenvalue weighted by Gasteiger charge is 2.25. The SMILES string of the molecule is COC(CN)C(F)NS(=O)(=O)c1ccccc1. The van der Waals surface area contributed by atoms with Gasteiger partial charge in [-0.05, 0) is 12.1 Å². The molecule has 0 aliphatic rings. The molecule has 0 aliphatic carbocycles. The van der Waals surface area contributed by atoms with Crippen molar-refractivity contribution in [3.8, 4) is 0 Å². The van der Waals surface area contributed by atoms with Crippen molar-refractivity contribution in [3.63, 3.8) is 0 Å². The van der Waals surface area contributed by atoms with Crippen LogP contribution in [-0.4, -0.2) is 34.5 Å². The number of alkyl halides is 1. The molecule has 0 aliphatic heterocycles. The maximum atomic E-state index is 13.6. The number of halogens is 1. The first-order valence-corrected chi connectivity index (χ1v) is 6.44. The fourth-order valence-electron chi connectivity index (χ4n) is 1.23. The highest BCUT2D eigenvalue weighted by Crippen LogP contribution is 2.10. The minimum Gasteiger partial charge on any atom is -0.376 e. The zero-order chi connectivity index (χ0) is 12.9. The lowest BCUT2D eigenvalue weighted by molar-refractivity contribution is 0.0341. The summed E-state index contributed by atoms with van der Waals surface area (Å²) >= 11 is 0. The van der Waals surface area contributed by atoms with Crippen LogP contribution in [0.2, 0.25) is 0 Å². The molecule has 5 nitrogen and oxygen atoms in total. The molecule has 96 valence electrons. The van der Waals surface area contributed by atoms with Crippen LogP contribution in [0.5, 0.6) is 0 Å². The number of nitrogens with one attached hydrogen (secondary N) is 1. The molecule has 0 heterocycles. The van der Waals surface area contributed by atoms with E-state index in [-0.39, 0.29) is 11.4 Å². The Bertz CT molecular complexity index is 434. The molecule has 7 heteroatoms. The number of sulfonamides is 1. The van der Waals surface area contributed by atoms with Crippen molar-refractivity contribution in [1.82, 2.24) is 4.72 Å². The highest BCUT2D eigenvalue weighted by atomic mass is 32.2. The quantitative estimate of drug-likeness (QED) is 0.719. The highest BCUT2D eigenvalue weighted by molar-refractivity contribution is 7.89. The lowest BCUT2D eigenvalue weighted by Gasteiger charge is -2.18. The van der Waals surface area contributed by atoms with Crippen LogP contribution in [0.4, 0.5) is 4.39 Å². The van der Waals surface area contributed by atoms with Gasteiger partial charge >= 0.3 is 0 Å². The van der Waals surface area contributed by atoms with Gasteiger partial charge in [0.05, 0.1) is 4.90 Å². The minimum atomic E-state index is -3.89. The Morgan fingerprint density at radius 2 is 2.00 bits per heavy atom. The van der Waals surface area contributed by atoms with Crippen molar-refractivity contribution < 1.29 is 17.5 Å². The predicted molar refractivity (Wildman–Crippen MR) is 61.5 cm³/mol. The minimum absolute atomic E-state index is 0.00507. The normalized spacial score (nSPS) is 15.5. The molecule has 0 radical (unpaired) electrons. The Hall–Kier alpha value is -1.02. The molecule has 0 fully saturated rings. The summed E-state index contributed by atoms with van der Waals surface area (Å²) in [6.45, 7) is -0.116. The van der Waals surface area contributed by atoms with Crippen molar-refractivity contribution in [1.29, 1.82) is 0 Å². The zero-order valence-electron chi connectivity index (χ0n) is 9.34. The fourth-order valence-corrected chi connectivity index (χ4v) is 2.33. The number of hydrogen-bond donors (Lipinski definition) is 2. The topological polar surface area (TPSA) is 81.4 Å². The van der Waals surface area contributed by atoms with Gasteiger partial charge in [0.1, 0.15) is 6.10 Å². The number of hydrogen-bond acceptors (Lipinski definition) is 4. The Labute approximate surface area is 99.8 Å². The fraction of sp³-hybridized carbons (Fsp3) is 0.400. The van der Waals surface area contributed by atoms with E-state index in [0.29, 0.717) is 0 Å². The molecule has 2 unspecified atom stereocenters. The van der Waals surface area contributed by atoms with E-state index in [1.165, 1.54) is 19.2 Å². The van der Waals surface area contributed by atoms with Gasteiger partial charge in [0, 0.05) is 13.7 Å². The Kier molecular flexibility index (Phi) is 5.01. The van der Waals surface area contributed by atoms with Crippen LogP contribution in [0.25, 0.3) is 0 Å². The van der Waals surface area contributed by atoms with Gasteiger partial charge in [-0.25, -0.2) is 12.8 Å². The monoisotopic (exact) mass is 262 g/mol. The van der Waals surface area contributed by atoms with Gasteiger partial charge in [-0.1, -0.05) is 18.2 Å². The van der Waals surface area contributed by atoms with Gasteiger partial charge in [0.25, 0.3) is 0 Å². The molecule has 3 N–H and O–H groups in total. The summed E-state index contributed by atoms with van der Waals surface area (Å²) in [5.74, 6) is 0. The second-order valence-electron chi connectivity index (χ2n) is 3.35. The zero-order valence-corrected chi connectivity index (χ0v) is 10.2. The van der Waals surface area contributed by atoms with Gasteiger partial charge in [-0.2, -0.15) is 4.72 Å². The van der Waals surface area contributed by atoms with E-state index in [1.807, 2.05) is 4.72 Å². The van der Waals surface area contributed by atoms with E-state index < -0.39 is 22.4 Å². The average molecular weight is 262 g/mol. The number of benzene rings is 1. The standard InChI is InChI=1S/C10H15FN2O3S/c1-16-9(7-12)10(11)13-17(14,15)8-5-3-2-4-6-8/h2-6,9-10,13H,7,12H2,1H3. The van der Waals surface area contributed by atoms with Gasteiger partial charge in [0.15, 0.2) is 6.30 Å². The van der Waals surface area contributed by atoms with Crippen LogP contribution in [0.1, 0.15) is 0 Å². The van der Waals surface area contributed by atoms with E-state index in [1.54, 1.807) is 18.2 Å². The van der Waals surface area contributed by atoms with Gasteiger partial charge in [0.2, 0.25) is 10.0 Å². The second kappa shape index (κ2) is 6.06. The molecule has 0 saturated heterocycles. The summed E-state index contributed by atoms with van der Waals surface area (Å²) in [5.41, 5.74) is 5.24. The molecule has 1 aromatic carbocycles. The largest absolute Gasteiger partial charge is 0.376 e. The third-order valence-electron chi connectivity index (χ3n) is 2.18. The van der Waals surface area contributed by atoms with Gasteiger partial charge in [-0.3, -0.25) is 0 Å². The first-order chi connectivity index (χ1) is 8.01. The van der Waals surface area contributed by atoms with Crippen molar-refractivity contribution in [2.24, 2.45) is 5.73 Å². The molecule has 2 atom stereocenters. The van der Waals surface area contributed by atoms with E-state index in [2.05, 4.69) is 0 Å². The van der Waals surface area contributed by atoms with E-state index in [0.717, 1.165) is 0 Å². The molecule has 0 amide bonds. The summed E-state index contributed by atoms with van der Waals surface area (Å²) in [7, 11) is -2.62. The van der Waals surface area contributed by atoms with Gasteiger partial charge < -0.3 is 10.5 Å². The van der Waals surface area contributed by atoms with Crippen molar-refractivity contribution in [2.75, 3.05) is 13.7 Å². The summed E-state index contributed by atoms with van der Waals surface area (Å²) in [6.07, 6.45) is -2.89. The third kappa shape index (κ3) is 3.74. The smallest absolute Gasteiger partial charge is 0.243 e. The van der Waals surface area contributed by atoms with Crippen molar-refractivity contribution in [3.05, 3.63) is 30.3 Å². The van der Waals surface area contributed by atoms with Crippen LogP contribution in [0, 0.1) is 0 Å². The summed E-state index contributed by atoms with van der Waals surface area (Å²) in [5, 5.41) is 0. The first-order valence-electron chi connectivity index (χ1n) is 4.95. The Balaban J connectivity index is 2.81. The predicted octanol–water partition coefficient (Wildman–Crippen LogP) is 0.234. The maximum Gasteiger partial charge on any atom is 0.243 e. The van der Waals surface area contributed by atoms with Crippen LogP contribution >= 0.6 is 0 Å². The maximum absolute atomic E-state index is 13.6. The summed E-state index contributed by atoms with van der Waals surface area (Å²) in [4.78, 5) is -0.00507. The molecule has 1 rings (SSSR count).